The molecule has 0 aliphatic heterocycles. The summed E-state index contributed by atoms with van der Waals surface area (Å²) in [6, 6.07) is 7.30. The molecule has 1 aromatic carbocycles. The van der Waals surface area contributed by atoms with Crippen LogP contribution in [0.3, 0.4) is 0 Å². The molecule has 6 nitrogen and oxygen atoms in total. The Balaban J connectivity index is 1.92. The summed E-state index contributed by atoms with van der Waals surface area (Å²) in [5.74, 6) is -1.72. The lowest BCUT2D eigenvalue weighted by Crippen LogP contribution is -2.41. The van der Waals surface area contributed by atoms with E-state index >= 15 is 0 Å². The molecule has 0 bridgehead atoms. The van der Waals surface area contributed by atoms with E-state index in [1.54, 1.807) is 6.07 Å². The fraction of sp³-hybridized carbons (Fsp3) is 0.0714. The number of benzene rings is 1. The van der Waals surface area contributed by atoms with E-state index in [4.69, 9.17) is 0 Å². The first kappa shape index (κ1) is 16.3. The van der Waals surface area contributed by atoms with Gasteiger partial charge >= 0.3 is 6.36 Å². The lowest BCUT2D eigenvalue weighted by atomic mass is 10.2. The van der Waals surface area contributed by atoms with Crippen molar-refractivity contribution in [2.24, 2.45) is 0 Å². The number of pyridine rings is 1. The maximum absolute atomic E-state index is 12.0. The Kier molecular flexibility index (Phi) is 4.79. The third kappa shape index (κ3) is 4.99. The van der Waals surface area contributed by atoms with E-state index in [-0.39, 0.29) is 11.1 Å². The van der Waals surface area contributed by atoms with Crippen LogP contribution in [0.4, 0.5) is 13.2 Å². The van der Waals surface area contributed by atoms with Crippen molar-refractivity contribution in [2.75, 3.05) is 0 Å². The van der Waals surface area contributed by atoms with Crippen LogP contribution in [0.5, 0.6) is 5.75 Å². The molecular weight excluding hydrogens is 315 g/mol. The Bertz CT molecular complexity index is 688. The van der Waals surface area contributed by atoms with Gasteiger partial charge in [0.15, 0.2) is 0 Å². The van der Waals surface area contributed by atoms with Crippen LogP contribution < -0.4 is 15.6 Å². The lowest BCUT2D eigenvalue weighted by molar-refractivity contribution is -0.274. The molecule has 0 saturated carbocycles. The zero-order valence-electron chi connectivity index (χ0n) is 11.4. The molecule has 0 unspecified atom stereocenters. The normalized spacial score (nSPS) is 10.7. The Hall–Kier alpha value is -3.10. The third-order valence-electron chi connectivity index (χ3n) is 2.56. The number of alkyl halides is 3. The number of nitrogens with zero attached hydrogens (tertiary/aromatic N) is 1. The Morgan fingerprint density at radius 1 is 0.957 bits per heavy atom. The molecule has 0 spiro atoms. The predicted molar refractivity (Wildman–Crippen MR) is 72.3 cm³/mol. The topological polar surface area (TPSA) is 80.3 Å². The van der Waals surface area contributed by atoms with Gasteiger partial charge in [-0.15, -0.1) is 13.2 Å². The van der Waals surface area contributed by atoms with Gasteiger partial charge in [-0.25, -0.2) is 0 Å². The summed E-state index contributed by atoms with van der Waals surface area (Å²) in [5.41, 5.74) is 4.58. The van der Waals surface area contributed by atoms with E-state index in [2.05, 4.69) is 20.6 Å². The van der Waals surface area contributed by atoms with Gasteiger partial charge in [-0.05, 0) is 36.4 Å². The Morgan fingerprint density at radius 3 is 2.09 bits per heavy atom. The van der Waals surface area contributed by atoms with E-state index < -0.39 is 23.9 Å². The molecule has 2 rings (SSSR count). The van der Waals surface area contributed by atoms with E-state index in [1.807, 2.05) is 0 Å². The molecule has 1 aromatic heterocycles. The van der Waals surface area contributed by atoms with Crippen molar-refractivity contribution in [2.45, 2.75) is 6.36 Å². The minimum absolute atomic E-state index is 0.0472. The molecule has 0 aliphatic carbocycles. The average Bonchev–Trinajstić information content (AvgIpc) is 2.52. The van der Waals surface area contributed by atoms with Gasteiger partial charge in [0.2, 0.25) is 0 Å². The molecule has 2 N–H and O–H groups in total. The number of aromatic nitrogens is 1. The largest absolute Gasteiger partial charge is 0.573 e. The van der Waals surface area contributed by atoms with Crippen LogP contribution in [0.2, 0.25) is 0 Å². The van der Waals surface area contributed by atoms with Crippen molar-refractivity contribution in [1.82, 2.24) is 15.8 Å². The summed E-state index contributed by atoms with van der Waals surface area (Å²) in [4.78, 5) is 27.2. The van der Waals surface area contributed by atoms with Gasteiger partial charge in [0.25, 0.3) is 11.8 Å². The Morgan fingerprint density at radius 2 is 1.57 bits per heavy atom. The van der Waals surface area contributed by atoms with Crippen LogP contribution in [0.1, 0.15) is 20.7 Å². The highest BCUT2D eigenvalue weighted by Crippen LogP contribution is 2.22. The second-order valence-electron chi connectivity index (χ2n) is 4.22. The van der Waals surface area contributed by atoms with Crippen LogP contribution in [0.15, 0.2) is 48.8 Å². The van der Waals surface area contributed by atoms with Gasteiger partial charge in [-0.1, -0.05) is 0 Å². The monoisotopic (exact) mass is 325 g/mol. The highest BCUT2D eigenvalue weighted by atomic mass is 19.4. The number of carbonyl (C=O) groups is 2. The smallest absolute Gasteiger partial charge is 0.406 e. The average molecular weight is 325 g/mol. The fourth-order valence-electron chi connectivity index (χ4n) is 1.56. The van der Waals surface area contributed by atoms with E-state index in [1.165, 1.54) is 18.5 Å². The summed E-state index contributed by atoms with van der Waals surface area (Å²) >= 11 is 0. The van der Waals surface area contributed by atoms with Crippen LogP contribution in [-0.4, -0.2) is 23.2 Å². The molecule has 0 atom stereocenters. The first-order chi connectivity index (χ1) is 10.8. The number of ether oxygens (including phenoxy) is 1. The highest BCUT2D eigenvalue weighted by Gasteiger charge is 2.31. The van der Waals surface area contributed by atoms with Gasteiger partial charge in [-0.3, -0.25) is 25.4 Å². The first-order valence-electron chi connectivity index (χ1n) is 6.22. The predicted octanol–water partition coefficient (Wildman–Crippen LogP) is 2.05. The molecule has 2 aromatic rings. The van der Waals surface area contributed by atoms with Crippen molar-refractivity contribution in [3.05, 3.63) is 59.9 Å². The molecule has 0 radical (unpaired) electrons. The summed E-state index contributed by atoms with van der Waals surface area (Å²) in [6.07, 6.45) is -2.01. The quantitative estimate of drug-likeness (QED) is 0.847. The van der Waals surface area contributed by atoms with Crippen molar-refractivity contribution in [3.8, 4) is 5.75 Å². The van der Waals surface area contributed by atoms with Gasteiger partial charge in [0.1, 0.15) is 5.75 Å². The molecule has 0 saturated heterocycles. The maximum Gasteiger partial charge on any atom is 0.573 e. The van der Waals surface area contributed by atoms with Gasteiger partial charge in [-0.2, -0.15) is 0 Å². The minimum atomic E-state index is -4.80. The van der Waals surface area contributed by atoms with Crippen molar-refractivity contribution in [1.29, 1.82) is 0 Å². The number of carbonyl (C=O) groups excluding carboxylic acids is 2. The number of hydrazine groups is 1. The summed E-state index contributed by atoms with van der Waals surface area (Å²) in [6.45, 7) is 0. The first-order valence-corrected chi connectivity index (χ1v) is 6.22. The maximum atomic E-state index is 12.0. The SMILES string of the molecule is O=C(NNC(=O)c1cccnc1)c1ccc(OC(F)(F)F)cc1. The van der Waals surface area contributed by atoms with Crippen LogP contribution in [-0.2, 0) is 0 Å². The molecule has 23 heavy (non-hydrogen) atoms. The zero-order chi connectivity index (χ0) is 16.9. The number of rotatable bonds is 3. The van der Waals surface area contributed by atoms with Gasteiger partial charge in [0, 0.05) is 18.0 Å². The number of hydrogen-bond acceptors (Lipinski definition) is 4. The fourth-order valence-corrected chi connectivity index (χ4v) is 1.56. The summed E-state index contributed by atoms with van der Waals surface area (Å²) in [7, 11) is 0. The van der Waals surface area contributed by atoms with Gasteiger partial charge in [0.05, 0.1) is 5.56 Å². The lowest BCUT2D eigenvalue weighted by Gasteiger charge is -2.10. The third-order valence-corrected chi connectivity index (χ3v) is 2.56. The standard InChI is InChI=1S/C14H10F3N3O3/c15-14(16,17)23-11-5-3-9(4-6-11)12(21)19-20-13(22)10-2-1-7-18-8-10/h1-8H,(H,19,21)(H,20,22). The molecule has 120 valence electrons. The van der Waals surface area contributed by atoms with Gasteiger partial charge < -0.3 is 4.74 Å². The summed E-state index contributed by atoms with van der Waals surface area (Å²) in [5, 5.41) is 0. The number of amides is 2. The second kappa shape index (κ2) is 6.77. The summed E-state index contributed by atoms with van der Waals surface area (Å²) < 4.78 is 39.7. The highest BCUT2D eigenvalue weighted by molar-refractivity contribution is 5.98. The van der Waals surface area contributed by atoms with Crippen LogP contribution >= 0.6 is 0 Å². The van der Waals surface area contributed by atoms with Crippen molar-refractivity contribution in [3.63, 3.8) is 0 Å². The number of halogens is 3. The van der Waals surface area contributed by atoms with Crippen LogP contribution in [0, 0.1) is 0 Å². The van der Waals surface area contributed by atoms with Crippen LogP contribution in [0.25, 0.3) is 0 Å². The number of hydrogen-bond donors (Lipinski definition) is 2. The molecule has 0 aliphatic rings. The van der Waals surface area contributed by atoms with E-state index in [0.717, 1.165) is 24.3 Å². The minimum Gasteiger partial charge on any atom is -0.406 e. The van der Waals surface area contributed by atoms with Crippen molar-refractivity contribution < 1.29 is 27.5 Å². The van der Waals surface area contributed by atoms with E-state index in [9.17, 15) is 22.8 Å². The number of nitrogens with one attached hydrogen (secondary N) is 2. The molecule has 2 amide bonds. The van der Waals surface area contributed by atoms with E-state index in [0.29, 0.717) is 0 Å². The molecule has 0 fully saturated rings. The Labute approximate surface area is 128 Å². The van der Waals surface area contributed by atoms with Crippen molar-refractivity contribution >= 4 is 11.8 Å². The second-order valence-corrected chi connectivity index (χ2v) is 4.22. The molecular formula is C14H10F3N3O3. The zero-order valence-corrected chi connectivity index (χ0v) is 11.4. The molecule has 1 heterocycles. The molecule has 9 heteroatoms.